The van der Waals surface area contributed by atoms with Gasteiger partial charge in [0.15, 0.2) is 5.75 Å². The van der Waals surface area contributed by atoms with Crippen molar-refractivity contribution >= 4 is 10.9 Å². The highest BCUT2D eigenvalue weighted by atomic mass is 16.5. The Morgan fingerprint density at radius 3 is 3.00 bits per heavy atom. The van der Waals surface area contributed by atoms with Crippen LogP contribution >= 0.6 is 0 Å². The molecule has 4 nitrogen and oxygen atoms in total. The molecule has 2 aromatic rings. The van der Waals surface area contributed by atoms with Gasteiger partial charge in [0, 0.05) is 29.0 Å². The van der Waals surface area contributed by atoms with Crippen molar-refractivity contribution in [2.45, 2.75) is 25.4 Å². The second kappa shape index (κ2) is 4.21. The lowest BCUT2D eigenvalue weighted by molar-refractivity contribution is 0.134. The fourth-order valence-corrected chi connectivity index (χ4v) is 2.97. The molecule has 1 atom stereocenters. The second-order valence-corrected chi connectivity index (χ2v) is 6.17. The summed E-state index contributed by atoms with van der Waals surface area (Å²) in [6.07, 6.45) is 3.46. The maximum atomic E-state index is 5.75. The molecule has 0 saturated carbocycles. The normalized spacial score (nSPS) is 21.6. The molecule has 0 fully saturated rings. The Kier molecular flexibility index (Phi) is 2.54. The molecule has 2 aliphatic rings. The molecule has 0 spiro atoms. The number of fused-ring (bicyclic) bond motifs is 4. The number of ether oxygens (including phenoxy) is 3. The lowest BCUT2D eigenvalue weighted by Gasteiger charge is -2.21. The lowest BCUT2D eigenvalue weighted by atomic mass is 9.87. The van der Waals surface area contributed by atoms with Gasteiger partial charge in [-0.2, -0.15) is 0 Å². The quantitative estimate of drug-likeness (QED) is 0.803. The Labute approximate surface area is 123 Å². The number of nitrogens with zero attached hydrogens (tertiary/aromatic N) is 1. The summed E-state index contributed by atoms with van der Waals surface area (Å²) in [4.78, 5) is 4.70. The van der Waals surface area contributed by atoms with Gasteiger partial charge in [0.05, 0.1) is 12.9 Å². The van der Waals surface area contributed by atoms with Gasteiger partial charge in [-0.05, 0) is 12.1 Å². The average Bonchev–Trinajstić information content (AvgIpc) is 2.79. The minimum absolute atomic E-state index is 0.00223. The summed E-state index contributed by atoms with van der Waals surface area (Å²) in [5, 5.41) is 1.07. The van der Waals surface area contributed by atoms with Crippen LogP contribution in [0.3, 0.4) is 0 Å². The fourth-order valence-electron chi connectivity index (χ4n) is 2.97. The van der Waals surface area contributed by atoms with Crippen LogP contribution in [0.1, 0.15) is 31.1 Å². The van der Waals surface area contributed by atoms with E-state index in [0.717, 1.165) is 27.8 Å². The van der Waals surface area contributed by atoms with Crippen molar-refractivity contribution in [2.75, 3.05) is 13.7 Å². The van der Waals surface area contributed by atoms with Gasteiger partial charge >= 0.3 is 0 Å². The largest absolute Gasteiger partial charge is 0.477 e. The van der Waals surface area contributed by atoms with E-state index >= 15 is 0 Å². The standard InChI is InChI=1S/C17H17NO3/c1-17(2)9-21-16-12(17)8-10-4-5-11-13(19-3)6-7-20-15(11)14(10)18-16/h4-8,13H,9H2,1-3H3/t13-/m1/s1. The van der Waals surface area contributed by atoms with Gasteiger partial charge in [0.2, 0.25) is 5.88 Å². The van der Waals surface area contributed by atoms with Crippen LogP contribution in [-0.4, -0.2) is 18.7 Å². The Balaban J connectivity index is 1.97. The van der Waals surface area contributed by atoms with Crippen molar-refractivity contribution < 1.29 is 14.2 Å². The molecule has 4 rings (SSSR count). The molecular weight excluding hydrogens is 266 g/mol. The highest BCUT2D eigenvalue weighted by Crippen LogP contribution is 2.43. The summed E-state index contributed by atoms with van der Waals surface area (Å²) in [7, 11) is 1.69. The van der Waals surface area contributed by atoms with Crippen molar-refractivity contribution in [3.63, 3.8) is 0 Å². The predicted molar refractivity (Wildman–Crippen MR) is 79.8 cm³/mol. The van der Waals surface area contributed by atoms with E-state index in [-0.39, 0.29) is 11.5 Å². The zero-order valence-electron chi connectivity index (χ0n) is 12.3. The van der Waals surface area contributed by atoms with Crippen molar-refractivity contribution in [1.82, 2.24) is 4.98 Å². The van der Waals surface area contributed by atoms with Crippen LogP contribution in [-0.2, 0) is 10.2 Å². The third-order valence-corrected chi connectivity index (χ3v) is 4.24. The number of pyridine rings is 1. The summed E-state index contributed by atoms with van der Waals surface area (Å²) in [6.45, 7) is 5.01. The molecule has 0 bridgehead atoms. The molecule has 4 heteroatoms. The molecule has 0 unspecified atom stereocenters. The first-order valence-corrected chi connectivity index (χ1v) is 7.07. The first-order chi connectivity index (χ1) is 10.1. The average molecular weight is 283 g/mol. The van der Waals surface area contributed by atoms with E-state index in [1.54, 1.807) is 13.4 Å². The van der Waals surface area contributed by atoms with E-state index < -0.39 is 0 Å². The number of methoxy groups -OCH3 is 1. The zero-order valence-corrected chi connectivity index (χ0v) is 12.3. The van der Waals surface area contributed by atoms with Gasteiger partial charge in [-0.25, -0.2) is 4.98 Å². The van der Waals surface area contributed by atoms with Crippen molar-refractivity contribution in [1.29, 1.82) is 0 Å². The molecule has 0 saturated heterocycles. The first-order valence-electron chi connectivity index (χ1n) is 7.07. The summed E-state index contributed by atoms with van der Waals surface area (Å²) >= 11 is 0. The maximum Gasteiger partial charge on any atom is 0.217 e. The van der Waals surface area contributed by atoms with E-state index in [2.05, 4.69) is 26.0 Å². The monoisotopic (exact) mass is 283 g/mol. The molecule has 21 heavy (non-hydrogen) atoms. The summed E-state index contributed by atoms with van der Waals surface area (Å²) in [6, 6.07) is 6.28. The van der Waals surface area contributed by atoms with E-state index in [9.17, 15) is 0 Å². The van der Waals surface area contributed by atoms with E-state index in [0.29, 0.717) is 12.5 Å². The van der Waals surface area contributed by atoms with Gasteiger partial charge in [0.1, 0.15) is 11.6 Å². The van der Waals surface area contributed by atoms with Gasteiger partial charge in [-0.1, -0.05) is 26.0 Å². The van der Waals surface area contributed by atoms with Crippen LogP contribution in [0.25, 0.3) is 10.9 Å². The molecule has 3 heterocycles. The Bertz CT molecular complexity index is 764. The molecule has 0 aliphatic carbocycles. The number of benzene rings is 1. The summed E-state index contributed by atoms with van der Waals surface area (Å²) in [5.74, 6) is 1.48. The highest BCUT2D eigenvalue weighted by molar-refractivity contribution is 5.88. The van der Waals surface area contributed by atoms with E-state index in [1.165, 1.54) is 0 Å². The molecule has 0 N–H and O–H groups in total. The van der Waals surface area contributed by atoms with Gasteiger partial charge in [-0.15, -0.1) is 0 Å². The molecule has 2 aliphatic heterocycles. The minimum Gasteiger partial charge on any atom is -0.477 e. The van der Waals surface area contributed by atoms with Crippen molar-refractivity contribution in [2.24, 2.45) is 0 Å². The SMILES string of the molecule is CO[C@@H]1C=COc2c1ccc1cc3c(nc21)OCC3(C)C. The first kappa shape index (κ1) is 12.7. The van der Waals surface area contributed by atoms with Crippen LogP contribution in [0.2, 0.25) is 0 Å². The fraction of sp³-hybridized carbons (Fsp3) is 0.353. The molecular formula is C17H17NO3. The van der Waals surface area contributed by atoms with E-state index in [1.807, 2.05) is 12.1 Å². The molecule has 1 aromatic carbocycles. The predicted octanol–water partition coefficient (Wildman–Crippen LogP) is 3.50. The lowest BCUT2D eigenvalue weighted by Crippen LogP contribution is -2.18. The third-order valence-electron chi connectivity index (χ3n) is 4.24. The minimum atomic E-state index is -0.0921. The molecule has 0 radical (unpaired) electrons. The number of rotatable bonds is 1. The van der Waals surface area contributed by atoms with Gasteiger partial charge in [0.25, 0.3) is 0 Å². The van der Waals surface area contributed by atoms with Gasteiger partial charge < -0.3 is 14.2 Å². The van der Waals surface area contributed by atoms with Crippen molar-refractivity contribution in [3.8, 4) is 11.6 Å². The molecule has 1 aromatic heterocycles. The Morgan fingerprint density at radius 1 is 1.33 bits per heavy atom. The smallest absolute Gasteiger partial charge is 0.217 e. The van der Waals surface area contributed by atoms with E-state index in [4.69, 9.17) is 19.2 Å². The van der Waals surface area contributed by atoms with Crippen LogP contribution in [0.4, 0.5) is 0 Å². The molecule has 0 amide bonds. The van der Waals surface area contributed by atoms with Crippen LogP contribution in [0, 0.1) is 0 Å². The summed E-state index contributed by atoms with van der Waals surface area (Å²) in [5.41, 5.74) is 2.99. The van der Waals surface area contributed by atoms with Crippen molar-refractivity contribution in [3.05, 3.63) is 41.7 Å². The van der Waals surface area contributed by atoms with Crippen LogP contribution in [0.15, 0.2) is 30.5 Å². The number of hydrogen-bond donors (Lipinski definition) is 0. The Hall–Kier alpha value is -2.07. The Morgan fingerprint density at radius 2 is 2.19 bits per heavy atom. The maximum absolute atomic E-state index is 5.75. The zero-order chi connectivity index (χ0) is 14.6. The second-order valence-electron chi connectivity index (χ2n) is 6.17. The van der Waals surface area contributed by atoms with Crippen LogP contribution in [0.5, 0.6) is 11.6 Å². The topological polar surface area (TPSA) is 40.6 Å². The van der Waals surface area contributed by atoms with Gasteiger partial charge in [-0.3, -0.25) is 0 Å². The number of aromatic nitrogens is 1. The molecule has 108 valence electrons. The summed E-state index contributed by atoms with van der Waals surface area (Å²) < 4.78 is 16.9. The highest BCUT2D eigenvalue weighted by Gasteiger charge is 2.34. The third kappa shape index (κ3) is 1.75. The van der Waals surface area contributed by atoms with Crippen LogP contribution < -0.4 is 9.47 Å². The number of hydrogen-bond acceptors (Lipinski definition) is 4.